The lowest BCUT2D eigenvalue weighted by Gasteiger charge is -2.09. The van der Waals surface area contributed by atoms with Crippen LogP contribution in [0.3, 0.4) is 0 Å². The van der Waals surface area contributed by atoms with Gasteiger partial charge in [-0.2, -0.15) is 0 Å². The Morgan fingerprint density at radius 3 is 2.80 bits per heavy atom. The summed E-state index contributed by atoms with van der Waals surface area (Å²) in [5, 5.41) is 0. The smallest absolute Gasteiger partial charge is 0.136 e. The highest BCUT2D eigenvalue weighted by Crippen LogP contribution is 2.16. The monoisotopic (exact) mass is 136 g/mol. The molecular formula is C9H12O. The number of rotatable bonds is 1. The first kappa shape index (κ1) is 7.26. The van der Waals surface area contributed by atoms with Gasteiger partial charge in [0.05, 0.1) is 0 Å². The summed E-state index contributed by atoms with van der Waals surface area (Å²) in [5.74, 6) is 0.406. The summed E-state index contributed by atoms with van der Waals surface area (Å²) < 4.78 is 0. The normalized spacial score (nSPS) is 24.2. The van der Waals surface area contributed by atoms with E-state index in [0.717, 1.165) is 6.42 Å². The Labute approximate surface area is 61.4 Å². The predicted molar refractivity (Wildman–Crippen MR) is 41.7 cm³/mol. The molecule has 0 aromatic rings. The molecule has 0 aromatic carbocycles. The second kappa shape index (κ2) is 2.82. The lowest BCUT2D eigenvalue weighted by Crippen LogP contribution is -2.08. The fraction of sp³-hybridized carbons (Fsp3) is 0.444. The minimum Gasteiger partial charge on any atom is -0.299 e. The highest BCUT2D eigenvalue weighted by Gasteiger charge is 2.10. The van der Waals surface area contributed by atoms with Gasteiger partial charge in [-0.15, -0.1) is 0 Å². The van der Waals surface area contributed by atoms with Crippen LogP contribution >= 0.6 is 0 Å². The van der Waals surface area contributed by atoms with Crippen LogP contribution in [0, 0.1) is 5.92 Å². The molecule has 0 N–H and O–H groups in total. The van der Waals surface area contributed by atoms with E-state index >= 15 is 0 Å². The molecule has 0 heterocycles. The van der Waals surface area contributed by atoms with Crippen LogP contribution in [0.15, 0.2) is 23.8 Å². The zero-order chi connectivity index (χ0) is 7.56. The van der Waals surface area contributed by atoms with Crippen molar-refractivity contribution in [3.05, 3.63) is 23.8 Å². The Hall–Kier alpha value is -0.850. The van der Waals surface area contributed by atoms with Crippen molar-refractivity contribution >= 4 is 5.78 Å². The third kappa shape index (κ3) is 1.56. The molecular weight excluding hydrogens is 124 g/mol. The minimum absolute atomic E-state index is 0.142. The number of Topliss-reactive ketones (excluding diaryl/α,β-unsaturated/α-hetero) is 1. The molecule has 0 amide bonds. The Balaban J connectivity index is 2.60. The number of hydrogen-bond acceptors (Lipinski definition) is 1. The largest absolute Gasteiger partial charge is 0.299 e. The van der Waals surface area contributed by atoms with Gasteiger partial charge in [0.15, 0.2) is 0 Å². The molecule has 0 fully saturated rings. The van der Waals surface area contributed by atoms with Crippen LogP contribution in [0.5, 0.6) is 0 Å². The zero-order valence-electron chi connectivity index (χ0n) is 6.42. The van der Waals surface area contributed by atoms with Crippen molar-refractivity contribution in [1.29, 1.82) is 0 Å². The maximum atomic E-state index is 10.8. The fourth-order valence-electron chi connectivity index (χ4n) is 1.03. The van der Waals surface area contributed by atoms with Gasteiger partial charge < -0.3 is 0 Å². The Bertz CT molecular complexity index is 199. The van der Waals surface area contributed by atoms with E-state index in [-0.39, 0.29) is 11.7 Å². The summed E-state index contributed by atoms with van der Waals surface area (Å²) in [5.41, 5.74) is 1.26. The van der Waals surface area contributed by atoms with Crippen molar-refractivity contribution in [2.45, 2.75) is 20.3 Å². The molecule has 10 heavy (non-hydrogen) atoms. The average molecular weight is 136 g/mol. The van der Waals surface area contributed by atoms with Crippen molar-refractivity contribution < 1.29 is 4.79 Å². The van der Waals surface area contributed by atoms with Crippen LogP contribution < -0.4 is 0 Å². The molecule has 0 aromatic heterocycles. The molecule has 54 valence electrons. The first-order valence-corrected chi connectivity index (χ1v) is 3.55. The molecule has 1 aliphatic rings. The van der Waals surface area contributed by atoms with E-state index in [9.17, 15) is 4.79 Å². The van der Waals surface area contributed by atoms with Gasteiger partial charge in [0.25, 0.3) is 0 Å². The Morgan fingerprint density at radius 2 is 2.40 bits per heavy atom. The minimum atomic E-state index is 0.142. The van der Waals surface area contributed by atoms with Crippen molar-refractivity contribution in [3.8, 4) is 0 Å². The van der Waals surface area contributed by atoms with Gasteiger partial charge >= 0.3 is 0 Å². The summed E-state index contributed by atoms with van der Waals surface area (Å²) in [4.78, 5) is 10.8. The van der Waals surface area contributed by atoms with Gasteiger partial charge in [-0.25, -0.2) is 0 Å². The number of carbonyl (C=O) groups excluding carboxylic acids is 1. The Kier molecular flexibility index (Phi) is 2.05. The molecule has 1 unspecified atom stereocenters. The topological polar surface area (TPSA) is 17.1 Å². The second-order valence-corrected chi connectivity index (χ2v) is 2.76. The van der Waals surface area contributed by atoms with Crippen LogP contribution in [0.1, 0.15) is 20.3 Å². The fourth-order valence-corrected chi connectivity index (χ4v) is 1.03. The number of carbonyl (C=O) groups is 1. The average Bonchev–Trinajstić information content (AvgIpc) is 1.88. The summed E-state index contributed by atoms with van der Waals surface area (Å²) in [6.07, 6.45) is 6.98. The molecule has 0 aliphatic heterocycles. The third-order valence-electron chi connectivity index (χ3n) is 1.81. The SMILES string of the molecule is CC(=O)C1C=CC(C)=CC1. The molecule has 0 bridgehead atoms. The number of hydrogen-bond donors (Lipinski definition) is 0. The van der Waals surface area contributed by atoms with E-state index < -0.39 is 0 Å². The highest BCUT2D eigenvalue weighted by atomic mass is 16.1. The standard InChI is InChI=1S/C9H12O/c1-7-3-5-9(6-4-7)8(2)10/h3-5,9H,6H2,1-2H3. The summed E-state index contributed by atoms with van der Waals surface area (Å²) in [6.45, 7) is 3.69. The summed E-state index contributed by atoms with van der Waals surface area (Å²) in [7, 11) is 0. The lowest BCUT2D eigenvalue weighted by atomic mass is 9.94. The van der Waals surface area contributed by atoms with Crippen molar-refractivity contribution in [2.24, 2.45) is 5.92 Å². The van der Waals surface area contributed by atoms with Crippen LogP contribution in [0.2, 0.25) is 0 Å². The van der Waals surface area contributed by atoms with Crippen molar-refractivity contribution in [2.75, 3.05) is 0 Å². The summed E-state index contributed by atoms with van der Waals surface area (Å²) >= 11 is 0. The van der Waals surface area contributed by atoms with E-state index in [2.05, 4.69) is 6.08 Å². The second-order valence-electron chi connectivity index (χ2n) is 2.76. The van der Waals surface area contributed by atoms with Crippen LogP contribution in [-0.4, -0.2) is 5.78 Å². The van der Waals surface area contributed by atoms with Gasteiger partial charge in [-0.1, -0.05) is 23.8 Å². The Morgan fingerprint density at radius 1 is 1.70 bits per heavy atom. The predicted octanol–water partition coefficient (Wildman–Crippen LogP) is 2.10. The molecule has 1 heteroatoms. The lowest BCUT2D eigenvalue weighted by molar-refractivity contribution is -0.119. The quantitative estimate of drug-likeness (QED) is 0.539. The van der Waals surface area contributed by atoms with Crippen LogP contribution in [0.4, 0.5) is 0 Å². The number of ketones is 1. The van der Waals surface area contributed by atoms with Crippen molar-refractivity contribution in [3.63, 3.8) is 0 Å². The van der Waals surface area contributed by atoms with Gasteiger partial charge in [0.2, 0.25) is 0 Å². The van der Waals surface area contributed by atoms with Crippen LogP contribution in [0.25, 0.3) is 0 Å². The number of allylic oxidation sites excluding steroid dienone is 4. The first-order chi connectivity index (χ1) is 4.70. The molecule has 1 atom stereocenters. The maximum Gasteiger partial charge on any atom is 0.136 e. The molecule has 1 rings (SSSR count). The molecule has 1 aliphatic carbocycles. The van der Waals surface area contributed by atoms with Gasteiger partial charge in [-0.3, -0.25) is 4.79 Å². The van der Waals surface area contributed by atoms with E-state index in [1.54, 1.807) is 6.92 Å². The molecule has 0 radical (unpaired) electrons. The van der Waals surface area contributed by atoms with Crippen molar-refractivity contribution in [1.82, 2.24) is 0 Å². The zero-order valence-corrected chi connectivity index (χ0v) is 6.42. The third-order valence-corrected chi connectivity index (χ3v) is 1.81. The van der Waals surface area contributed by atoms with Gasteiger partial charge in [-0.05, 0) is 20.3 Å². The van der Waals surface area contributed by atoms with E-state index in [0.29, 0.717) is 0 Å². The van der Waals surface area contributed by atoms with E-state index in [1.165, 1.54) is 5.57 Å². The van der Waals surface area contributed by atoms with Crippen LogP contribution in [-0.2, 0) is 4.79 Å². The maximum absolute atomic E-state index is 10.8. The molecule has 0 saturated carbocycles. The van der Waals surface area contributed by atoms with Gasteiger partial charge in [0.1, 0.15) is 5.78 Å². The molecule has 0 saturated heterocycles. The first-order valence-electron chi connectivity index (χ1n) is 3.55. The molecule has 1 nitrogen and oxygen atoms in total. The molecule has 0 spiro atoms. The van der Waals surface area contributed by atoms with E-state index in [4.69, 9.17) is 0 Å². The van der Waals surface area contributed by atoms with Gasteiger partial charge in [0, 0.05) is 5.92 Å². The summed E-state index contributed by atoms with van der Waals surface area (Å²) in [6, 6.07) is 0. The van der Waals surface area contributed by atoms with E-state index in [1.807, 2.05) is 19.1 Å². The highest BCUT2D eigenvalue weighted by molar-refractivity contribution is 5.80.